The molecule has 3 amide bonds. The van der Waals surface area contributed by atoms with E-state index in [0.717, 1.165) is 5.16 Å². The Morgan fingerprint density at radius 3 is 2.03 bits per heavy atom. The SMILES string of the molecule is Cn1ccnc1SCC(=O)Nc1ccc(C(=O)Nc2ccc(C(=O)Nc3nccs3)cc2)cc1. The minimum absolute atomic E-state index is 0.163. The van der Waals surface area contributed by atoms with Crippen molar-refractivity contribution in [3.63, 3.8) is 0 Å². The summed E-state index contributed by atoms with van der Waals surface area (Å²) in [5, 5.41) is 11.4. The number of aromatic nitrogens is 3. The van der Waals surface area contributed by atoms with Crippen LogP contribution in [0.2, 0.25) is 0 Å². The maximum absolute atomic E-state index is 12.5. The molecule has 172 valence electrons. The van der Waals surface area contributed by atoms with Gasteiger partial charge in [-0.25, -0.2) is 9.97 Å². The van der Waals surface area contributed by atoms with Gasteiger partial charge in [0.05, 0.1) is 5.75 Å². The molecule has 0 aliphatic rings. The van der Waals surface area contributed by atoms with Gasteiger partial charge < -0.3 is 15.2 Å². The number of nitrogens with zero attached hydrogens (tertiary/aromatic N) is 3. The number of thioether (sulfide) groups is 1. The van der Waals surface area contributed by atoms with Crippen LogP contribution < -0.4 is 16.0 Å². The van der Waals surface area contributed by atoms with E-state index >= 15 is 0 Å². The number of carbonyl (C=O) groups is 3. The largest absolute Gasteiger partial charge is 0.329 e. The van der Waals surface area contributed by atoms with Crippen LogP contribution in [0.3, 0.4) is 0 Å². The predicted octanol–water partition coefficient (Wildman–Crippen LogP) is 4.11. The first-order valence-electron chi connectivity index (χ1n) is 10.1. The van der Waals surface area contributed by atoms with Crippen molar-refractivity contribution in [3.8, 4) is 0 Å². The van der Waals surface area contributed by atoms with Crippen molar-refractivity contribution in [2.75, 3.05) is 21.7 Å². The number of hydrogen-bond acceptors (Lipinski definition) is 7. The van der Waals surface area contributed by atoms with E-state index in [-0.39, 0.29) is 23.5 Å². The standard InChI is InChI=1S/C23H20N6O3S2/c1-29-12-10-25-23(29)34-14-19(30)26-17-6-2-15(3-7-17)20(31)27-18-8-4-16(5-9-18)21(32)28-22-24-11-13-33-22/h2-13H,14H2,1H3,(H,26,30)(H,27,31)(H,24,28,32). The number of imidazole rings is 1. The van der Waals surface area contributed by atoms with Gasteiger partial charge in [0.25, 0.3) is 11.8 Å². The Kier molecular flexibility index (Phi) is 7.35. The number of thiazole rings is 1. The molecule has 4 rings (SSSR count). The summed E-state index contributed by atoms with van der Waals surface area (Å²) in [6, 6.07) is 13.2. The zero-order valence-corrected chi connectivity index (χ0v) is 19.7. The number of amides is 3. The molecule has 0 atom stereocenters. The van der Waals surface area contributed by atoms with Crippen LogP contribution in [0.4, 0.5) is 16.5 Å². The molecule has 0 aliphatic heterocycles. The fourth-order valence-corrected chi connectivity index (χ4v) is 4.14. The Bertz CT molecular complexity index is 1290. The molecule has 0 spiro atoms. The monoisotopic (exact) mass is 492 g/mol. The normalized spacial score (nSPS) is 10.5. The van der Waals surface area contributed by atoms with E-state index in [0.29, 0.717) is 27.6 Å². The van der Waals surface area contributed by atoms with Gasteiger partial charge in [-0.3, -0.25) is 19.7 Å². The third-order valence-corrected chi connectivity index (χ3v) is 6.34. The Morgan fingerprint density at radius 1 is 0.853 bits per heavy atom. The summed E-state index contributed by atoms with van der Waals surface area (Å²) in [5.74, 6) is -0.513. The molecule has 9 nitrogen and oxygen atoms in total. The van der Waals surface area contributed by atoms with Crippen LogP contribution in [0.1, 0.15) is 20.7 Å². The van der Waals surface area contributed by atoms with Gasteiger partial charge in [-0.2, -0.15) is 0 Å². The van der Waals surface area contributed by atoms with Crippen molar-refractivity contribution in [3.05, 3.63) is 83.6 Å². The zero-order valence-electron chi connectivity index (χ0n) is 18.0. The second-order valence-electron chi connectivity index (χ2n) is 7.06. The van der Waals surface area contributed by atoms with Gasteiger partial charge in [0, 0.05) is 53.5 Å². The summed E-state index contributed by atoms with van der Waals surface area (Å²) in [6.45, 7) is 0. The minimum atomic E-state index is -0.303. The Labute approximate surface area is 203 Å². The molecule has 3 N–H and O–H groups in total. The number of nitrogens with one attached hydrogen (secondary N) is 3. The van der Waals surface area contributed by atoms with Gasteiger partial charge in [-0.1, -0.05) is 11.8 Å². The lowest BCUT2D eigenvalue weighted by molar-refractivity contribution is -0.113. The van der Waals surface area contributed by atoms with Crippen molar-refractivity contribution >= 4 is 57.3 Å². The maximum atomic E-state index is 12.5. The van der Waals surface area contributed by atoms with Crippen molar-refractivity contribution in [2.45, 2.75) is 5.16 Å². The molecule has 0 bridgehead atoms. The van der Waals surface area contributed by atoms with Gasteiger partial charge in [0.15, 0.2) is 10.3 Å². The quantitative estimate of drug-likeness (QED) is 0.319. The molecule has 2 aromatic carbocycles. The smallest absolute Gasteiger partial charge is 0.257 e. The first-order chi connectivity index (χ1) is 16.5. The average Bonchev–Trinajstić information content (AvgIpc) is 3.50. The first kappa shape index (κ1) is 23.2. The second-order valence-corrected chi connectivity index (χ2v) is 8.89. The van der Waals surface area contributed by atoms with Crippen LogP contribution in [0, 0.1) is 0 Å². The Balaban J connectivity index is 1.28. The predicted molar refractivity (Wildman–Crippen MR) is 133 cm³/mol. The number of anilines is 3. The van der Waals surface area contributed by atoms with Crippen molar-refractivity contribution in [1.29, 1.82) is 0 Å². The fourth-order valence-electron chi connectivity index (χ4n) is 2.89. The molecule has 0 fully saturated rings. The third-order valence-electron chi connectivity index (χ3n) is 4.60. The number of aryl methyl sites for hydroxylation is 1. The van der Waals surface area contributed by atoms with Gasteiger partial charge in [-0.15, -0.1) is 11.3 Å². The fraction of sp³-hybridized carbons (Fsp3) is 0.0870. The molecule has 4 aromatic rings. The summed E-state index contributed by atoms with van der Waals surface area (Å²) >= 11 is 2.68. The number of hydrogen-bond donors (Lipinski definition) is 3. The molecule has 2 heterocycles. The van der Waals surface area contributed by atoms with Crippen molar-refractivity contribution < 1.29 is 14.4 Å². The summed E-state index contributed by atoms with van der Waals surface area (Å²) in [5.41, 5.74) is 2.04. The molecule has 0 unspecified atom stereocenters. The van der Waals surface area contributed by atoms with E-state index in [1.807, 2.05) is 17.8 Å². The van der Waals surface area contributed by atoms with E-state index in [1.165, 1.54) is 23.1 Å². The van der Waals surface area contributed by atoms with E-state index in [2.05, 4.69) is 25.9 Å². The van der Waals surface area contributed by atoms with Crippen LogP contribution in [-0.2, 0) is 11.8 Å². The molecule has 2 aromatic heterocycles. The summed E-state index contributed by atoms with van der Waals surface area (Å²) in [7, 11) is 1.87. The molecular formula is C23H20N6O3S2. The van der Waals surface area contributed by atoms with Crippen LogP contribution in [0.15, 0.2) is 77.7 Å². The number of benzene rings is 2. The highest BCUT2D eigenvalue weighted by Gasteiger charge is 2.11. The molecular weight excluding hydrogens is 472 g/mol. The number of rotatable bonds is 8. The van der Waals surface area contributed by atoms with Gasteiger partial charge >= 0.3 is 0 Å². The van der Waals surface area contributed by atoms with Gasteiger partial charge in [0.1, 0.15) is 0 Å². The highest BCUT2D eigenvalue weighted by Crippen LogP contribution is 2.17. The molecule has 0 aliphatic carbocycles. The zero-order chi connectivity index (χ0) is 23.9. The lowest BCUT2D eigenvalue weighted by Gasteiger charge is -2.08. The maximum Gasteiger partial charge on any atom is 0.257 e. The average molecular weight is 493 g/mol. The van der Waals surface area contributed by atoms with Crippen LogP contribution in [0.25, 0.3) is 0 Å². The van der Waals surface area contributed by atoms with Crippen molar-refractivity contribution in [1.82, 2.24) is 14.5 Å². The van der Waals surface area contributed by atoms with E-state index < -0.39 is 0 Å². The Hall–Kier alpha value is -3.96. The highest BCUT2D eigenvalue weighted by molar-refractivity contribution is 7.99. The summed E-state index contributed by atoms with van der Waals surface area (Å²) < 4.78 is 1.84. The van der Waals surface area contributed by atoms with Crippen molar-refractivity contribution in [2.24, 2.45) is 7.05 Å². The summed E-state index contributed by atoms with van der Waals surface area (Å²) in [6.07, 6.45) is 5.11. The lowest BCUT2D eigenvalue weighted by atomic mass is 10.1. The topological polar surface area (TPSA) is 118 Å². The number of carbonyl (C=O) groups excluding carboxylic acids is 3. The molecule has 0 saturated carbocycles. The summed E-state index contributed by atoms with van der Waals surface area (Å²) in [4.78, 5) is 45.1. The van der Waals surface area contributed by atoms with E-state index in [1.54, 1.807) is 66.3 Å². The van der Waals surface area contributed by atoms with Gasteiger partial charge in [-0.05, 0) is 48.5 Å². The molecule has 0 radical (unpaired) electrons. The van der Waals surface area contributed by atoms with E-state index in [4.69, 9.17) is 0 Å². The van der Waals surface area contributed by atoms with Gasteiger partial charge in [0.2, 0.25) is 5.91 Å². The molecule has 11 heteroatoms. The minimum Gasteiger partial charge on any atom is -0.329 e. The second kappa shape index (κ2) is 10.8. The Morgan fingerprint density at radius 2 is 1.47 bits per heavy atom. The molecule has 0 saturated heterocycles. The van der Waals surface area contributed by atoms with Crippen LogP contribution >= 0.6 is 23.1 Å². The highest BCUT2D eigenvalue weighted by atomic mass is 32.2. The van der Waals surface area contributed by atoms with E-state index in [9.17, 15) is 14.4 Å². The van der Waals surface area contributed by atoms with Crippen LogP contribution in [0.5, 0.6) is 0 Å². The first-order valence-corrected chi connectivity index (χ1v) is 12.0. The van der Waals surface area contributed by atoms with Crippen LogP contribution in [-0.4, -0.2) is 38.0 Å². The molecule has 34 heavy (non-hydrogen) atoms. The third kappa shape index (κ3) is 6.09. The lowest BCUT2D eigenvalue weighted by Crippen LogP contribution is -2.15.